The topological polar surface area (TPSA) is 32.8 Å². The molecule has 0 atom stereocenters. The van der Waals surface area contributed by atoms with E-state index in [1.54, 1.807) is 4.90 Å². The molecule has 0 unspecified atom stereocenters. The third kappa shape index (κ3) is 3.62. The van der Waals surface area contributed by atoms with Gasteiger partial charge in [0.25, 0.3) is 0 Å². The molecule has 1 aromatic rings. The van der Waals surface area contributed by atoms with Gasteiger partial charge < -0.3 is 14.5 Å². The van der Waals surface area contributed by atoms with Crippen molar-refractivity contribution in [2.45, 2.75) is 6.54 Å². The van der Waals surface area contributed by atoms with Crippen molar-refractivity contribution in [3.05, 3.63) is 34.9 Å². The van der Waals surface area contributed by atoms with Crippen LogP contribution in [0.15, 0.2) is 24.3 Å². The zero-order valence-electron chi connectivity index (χ0n) is 10.4. The molecule has 1 aliphatic heterocycles. The van der Waals surface area contributed by atoms with Crippen LogP contribution in [0.3, 0.4) is 0 Å². The molecule has 2 rings (SSSR count). The number of benzene rings is 1. The number of ether oxygens (including phenoxy) is 1. The summed E-state index contributed by atoms with van der Waals surface area (Å²) in [6.45, 7) is 3.61. The molecule has 1 aliphatic rings. The van der Waals surface area contributed by atoms with Crippen molar-refractivity contribution >= 4 is 17.7 Å². The average Bonchev–Trinajstić information content (AvgIpc) is 2.75. The van der Waals surface area contributed by atoms with E-state index < -0.39 is 0 Å². The van der Waals surface area contributed by atoms with Gasteiger partial charge in [-0.1, -0.05) is 23.7 Å². The number of amides is 1. The molecule has 1 heterocycles. The highest BCUT2D eigenvalue weighted by Crippen LogP contribution is 2.11. The normalized spacial score (nSPS) is 15.3. The number of hydrogen-bond acceptors (Lipinski definition) is 3. The third-order valence-corrected chi connectivity index (χ3v) is 3.21. The Labute approximate surface area is 112 Å². The second kappa shape index (κ2) is 6.07. The quantitative estimate of drug-likeness (QED) is 0.821. The highest BCUT2D eigenvalue weighted by Gasteiger charge is 2.21. The first-order valence-corrected chi connectivity index (χ1v) is 6.37. The summed E-state index contributed by atoms with van der Waals surface area (Å²) in [4.78, 5) is 15.2. The number of carbonyl (C=O) groups is 1. The molecule has 5 heteroatoms. The van der Waals surface area contributed by atoms with E-state index in [1.165, 1.54) is 5.56 Å². The molecule has 98 valence electrons. The van der Waals surface area contributed by atoms with E-state index in [0.29, 0.717) is 19.7 Å². The number of rotatable bonds is 5. The van der Waals surface area contributed by atoms with Gasteiger partial charge in [-0.05, 0) is 24.7 Å². The molecule has 0 aromatic heterocycles. The predicted octanol–water partition coefficient (Wildman–Crippen LogP) is 2.22. The zero-order valence-corrected chi connectivity index (χ0v) is 11.2. The number of halogens is 1. The van der Waals surface area contributed by atoms with Gasteiger partial charge in [-0.3, -0.25) is 0 Å². The Morgan fingerprint density at radius 1 is 1.39 bits per heavy atom. The highest BCUT2D eigenvalue weighted by molar-refractivity contribution is 6.30. The van der Waals surface area contributed by atoms with Crippen molar-refractivity contribution in [2.24, 2.45) is 0 Å². The second-order valence-electron chi connectivity index (χ2n) is 4.47. The molecule has 18 heavy (non-hydrogen) atoms. The van der Waals surface area contributed by atoms with E-state index in [-0.39, 0.29) is 6.09 Å². The van der Waals surface area contributed by atoms with Crippen LogP contribution in [-0.2, 0) is 11.3 Å². The maximum absolute atomic E-state index is 11.3. The summed E-state index contributed by atoms with van der Waals surface area (Å²) in [7, 11) is 2.04. The molecule has 0 N–H and O–H groups in total. The van der Waals surface area contributed by atoms with Gasteiger partial charge in [0.2, 0.25) is 0 Å². The van der Waals surface area contributed by atoms with Crippen molar-refractivity contribution in [1.29, 1.82) is 0 Å². The third-order valence-electron chi connectivity index (χ3n) is 2.96. The number of carbonyl (C=O) groups excluding carboxylic acids is 1. The lowest BCUT2D eigenvalue weighted by Gasteiger charge is -2.20. The van der Waals surface area contributed by atoms with Crippen molar-refractivity contribution in [3.8, 4) is 0 Å². The zero-order chi connectivity index (χ0) is 13.0. The van der Waals surface area contributed by atoms with Crippen LogP contribution in [0.25, 0.3) is 0 Å². The first kappa shape index (κ1) is 13.2. The Morgan fingerprint density at radius 3 is 2.72 bits per heavy atom. The minimum Gasteiger partial charge on any atom is -0.448 e. The molecular formula is C13H17ClN2O2. The van der Waals surface area contributed by atoms with Crippen LogP contribution in [0, 0.1) is 0 Å². The van der Waals surface area contributed by atoms with Gasteiger partial charge in [-0.2, -0.15) is 0 Å². The monoisotopic (exact) mass is 268 g/mol. The summed E-state index contributed by atoms with van der Waals surface area (Å²) < 4.78 is 4.88. The molecule has 4 nitrogen and oxygen atoms in total. The van der Waals surface area contributed by atoms with E-state index >= 15 is 0 Å². The van der Waals surface area contributed by atoms with Crippen LogP contribution >= 0.6 is 11.6 Å². The molecule has 1 saturated heterocycles. The largest absolute Gasteiger partial charge is 0.448 e. The van der Waals surface area contributed by atoms with Crippen molar-refractivity contribution in [2.75, 3.05) is 33.3 Å². The highest BCUT2D eigenvalue weighted by atomic mass is 35.5. The predicted molar refractivity (Wildman–Crippen MR) is 70.7 cm³/mol. The SMILES string of the molecule is CN(CCN1CCOC1=O)Cc1ccc(Cl)cc1. The summed E-state index contributed by atoms with van der Waals surface area (Å²) in [5.74, 6) is 0. The smallest absolute Gasteiger partial charge is 0.409 e. The molecule has 0 saturated carbocycles. The van der Waals surface area contributed by atoms with Gasteiger partial charge in [-0.15, -0.1) is 0 Å². The minimum atomic E-state index is -0.199. The van der Waals surface area contributed by atoms with E-state index in [1.807, 2.05) is 31.3 Å². The molecule has 0 spiro atoms. The van der Waals surface area contributed by atoms with Gasteiger partial charge in [0.1, 0.15) is 6.61 Å². The Hall–Kier alpha value is -1.26. The van der Waals surface area contributed by atoms with Crippen LogP contribution in [0.5, 0.6) is 0 Å². The van der Waals surface area contributed by atoms with Crippen LogP contribution in [0.1, 0.15) is 5.56 Å². The lowest BCUT2D eigenvalue weighted by atomic mass is 10.2. The Balaban J connectivity index is 1.76. The van der Waals surface area contributed by atoms with Crippen LogP contribution < -0.4 is 0 Å². The number of cyclic esters (lactones) is 1. The summed E-state index contributed by atoms with van der Waals surface area (Å²) in [6, 6.07) is 7.82. The number of hydrogen-bond donors (Lipinski definition) is 0. The Bertz CT molecular complexity index is 408. The fourth-order valence-electron chi connectivity index (χ4n) is 1.90. The molecule has 0 aliphatic carbocycles. The van der Waals surface area contributed by atoms with Gasteiger partial charge in [0.05, 0.1) is 6.54 Å². The van der Waals surface area contributed by atoms with Crippen LogP contribution in [0.4, 0.5) is 4.79 Å². The summed E-state index contributed by atoms with van der Waals surface area (Å²) in [6.07, 6.45) is -0.199. The lowest BCUT2D eigenvalue weighted by Crippen LogP contribution is -2.33. The molecule has 0 radical (unpaired) electrons. The van der Waals surface area contributed by atoms with Crippen LogP contribution in [-0.4, -0.2) is 49.2 Å². The molecule has 0 bridgehead atoms. The molecular weight excluding hydrogens is 252 g/mol. The van der Waals surface area contributed by atoms with Gasteiger partial charge >= 0.3 is 6.09 Å². The first-order valence-electron chi connectivity index (χ1n) is 6.00. The summed E-state index contributed by atoms with van der Waals surface area (Å²) >= 11 is 5.84. The maximum atomic E-state index is 11.3. The van der Waals surface area contributed by atoms with E-state index in [4.69, 9.17) is 16.3 Å². The maximum Gasteiger partial charge on any atom is 0.409 e. The lowest BCUT2D eigenvalue weighted by molar-refractivity contribution is 0.155. The number of nitrogens with zero attached hydrogens (tertiary/aromatic N) is 2. The van der Waals surface area contributed by atoms with Crippen molar-refractivity contribution in [3.63, 3.8) is 0 Å². The fraction of sp³-hybridized carbons (Fsp3) is 0.462. The molecule has 1 aromatic carbocycles. The molecule has 1 amide bonds. The summed E-state index contributed by atoms with van der Waals surface area (Å²) in [5.41, 5.74) is 1.21. The fourth-order valence-corrected chi connectivity index (χ4v) is 2.03. The summed E-state index contributed by atoms with van der Waals surface area (Å²) in [5, 5.41) is 0.751. The van der Waals surface area contributed by atoms with Crippen molar-refractivity contribution in [1.82, 2.24) is 9.80 Å². The Morgan fingerprint density at radius 2 is 2.11 bits per heavy atom. The standard InChI is InChI=1S/C13H17ClN2O2/c1-15(6-7-16-8-9-18-13(16)17)10-11-2-4-12(14)5-3-11/h2-5H,6-10H2,1H3. The van der Waals surface area contributed by atoms with E-state index in [9.17, 15) is 4.79 Å². The minimum absolute atomic E-state index is 0.199. The van der Waals surface area contributed by atoms with E-state index in [0.717, 1.165) is 18.1 Å². The first-order chi connectivity index (χ1) is 8.65. The second-order valence-corrected chi connectivity index (χ2v) is 4.90. The van der Waals surface area contributed by atoms with Crippen LogP contribution in [0.2, 0.25) is 5.02 Å². The molecule has 1 fully saturated rings. The Kier molecular flexibility index (Phi) is 4.44. The number of likely N-dealkylation sites (N-methyl/N-ethyl adjacent to an activating group) is 1. The van der Waals surface area contributed by atoms with Gasteiger partial charge in [0.15, 0.2) is 0 Å². The van der Waals surface area contributed by atoms with Crippen molar-refractivity contribution < 1.29 is 9.53 Å². The average molecular weight is 269 g/mol. The van der Waals surface area contributed by atoms with Gasteiger partial charge in [0, 0.05) is 24.7 Å². The van der Waals surface area contributed by atoms with E-state index in [2.05, 4.69) is 4.90 Å². The van der Waals surface area contributed by atoms with Gasteiger partial charge in [-0.25, -0.2) is 4.79 Å².